The van der Waals surface area contributed by atoms with Gasteiger partial charge in [0.05, 0.1) is 17.7 Å². The third-order valence-electron chi connectivity index (χ3n) is 5.53. The summed E-state index contributed by atoms with van der Waals surface area (Å²) in [6.45, 7) is 0. The van der Waals surface area contributed by atoms with E-state index in [0.29, 0.717) is 17.8 Å². The number of ether oxygens (including phenoxy) is 1. The van der Waals surface area contributed by atoms with Crippen molar-refractivity contribution in [2.45, 2.75) is 17.4 Å². The van der Waals surface area contributed by atoms with E-state index in [1.54, 1.807) is 48.5 Å². The predicted octanol–water partition coefficient (Wildman–Crippen LogP) is 3.26. The first-order valence-electron chi connectivity index (χ1n) is 9.98. The van der Waals surface area contributed by atoms with Crippen LogP contribution in [0.15, 0.2) is 83.8 Å². The summed E-state index contributed by atoms with van der Waals surface area (Å²) in [4.78, 5) is 27.2. The monoisotopic (exact) mass is 450 g/mol. The highest BCUT2D eigenvalue weighted by Crippen LogP contribution is 2.34. The quantitative estimate of drug-likeness (QED) is 0.557. The van der Waals surface area contributed by atoms with Gasteiger partial charge in [0.15, 0.2) is 0 Å². The Labute approximate surface area is 186 Å². The van der Waals surface area contributed by atoms with Crippen LogP contribution >= 0.6 is 0 Å². The molecule has 7 nitrogen and oxygen atoms in total. The first-order valence-corrected chi connectivity index (χ1v) is 11.4. The molecule has 0 radical (unpaired) electrons. The van der Waals surface area contributed by atoms with Crippen molar-refractivity contribution in [1.82, 2.24) is 0 Å². The van der Waals surface area contributed by atoms with Crippen LogP contribution in [0.25, 0.3) is 0 Å². The number of fused-ring (bicyclic) bond motifs is 1. The van der Waals surface area contributed by atoms with Crippen LogP contribution in [0.4, 0.5) is 11.4 Å². The van der Waals surface area contributed by atoms with Crippen molar-refractivity contribution in [3.63, 3.8) is 0 Å². The topological polar surface area (TPSA) is 84.0 Å². The van der Waals surface area contributed by atoms with E-state index in [1.165, 1.54) is 41.6 Å². The van der Waals surface area contributed by atoms with Gasteiger partial charge in [-0.15, -0.1) is 0 Å². The Hall–Kier alpha value is -3.65. The van der Waals surface area contributed by atoms with E-state index in [0.717, 1.165) is 5.56 Å². The molecular weight excluding hydrogens is 428 g/mol. The molecule has 0 saturated carbocycles. The molecule has 0 saturated heterocycles. The number of para-hydroxylation sites is 2. The Bertz CT molecular complexity index is 1270. The molecule has 1 atom stereocenters. The molecule has 3 aromatic carbocycles. The number of nitrogens with zero attached hydrogens (tertiary/aromatic N) is 2. The van der Waals surface area contributed by atoms with Crippen LogP contribution < -0.4 is 9.21 Å². The molecule has 164 valence electrons. The lowest BCUT2D eigenvalue weighted by Crippen LogP contribution is -2.43. The minimum atomic E-state index is -3.90. The Kier molecular flexibility index (Phi) is 5.71. The number of carbonyl (C=O) groups excluding carboxylic acids is 2. The van der Waals surface area contributed by atoms with Gasteiger partial charge >= 0.3 is 5.97 Å². The molecule has 1 heterocycles. The molecule has 0 spiro atoms. The molecule has 0 bridgehead atoms. The van der Waals surface area contributed by atoms with Crippen LogP contribution in [0.2, 0.25) is 0 Å². The van der Waals surface area contributed by atoms with Crippen molar-refractivity contribution in [2.24, 2.45) is 0 Å². The van der Waals surface area contributed by atoms with Crippen molar-refractivity contribution in [3.8, 4) is 0 Å². The second-order valence-corrected chi connectivity index (χ2v) is 9.35. The number of benzene rings is 3. The minimum absolute atomic E-state index is 0.0168. The summed E-state index contributed by atoms with van der Waals surface area (Å²) in [5.74, 6) is -0.994. The van der Waals surface area contributed by atoms with Crippen molar-refractivity contribution in [3.05, 3.63) is 90.0 Å². The van der Waals surface area contributed by atoms with E-state index in [1.807, 2.05) is 12.1 Å². The zero-order valence-electron chi connectivity index (χ0n) is 17.6. The largest absolute Gasteiger partial charge is 0.467 e. The van der Waals surface area contributed by atoms with Gasteiger partial charge < -0.3 is 4.74 Å². The lowest BCUT2D eigenvalue weighted by atomic mass is 10.1. The minimum Gasteiger partial charge on any atom is -0.467 e. The summed E-state index contributed by atoms with van der Waals surface area (Å²) in [7, 11) is -1.16. The number of methoxy groups -OCH3 is 1. The number of hydrogen-bond donors (Lipinski definition) is 0. The van der Waals surface area contributed by atoms with Gasteiger partial charge in [0.1, 0.15) is 6.04 Å². The van der Waals surface area contributed by atoms with Crippen LogP contribution in [0.1, 0.15) is 15.9 Å². The highest BCUT2D eigenvalue weighted by molar-refractivity contribution is 7.92. The smallest absolute Gasteiger partial charge is 0.329 e. The van der Waals surface area contributed by atoms with Crippen LogP contribution in [0.5, 0.6) is 0 Å². The van der Waals surface area contributed by atoms with Gasteiger partial charge in [0.2, 0.25) is 0 Å². The summed E-state index contributed by atoms with van der Waals surface area (Å²) >= 11 is 0. The molecule has 0 N–H and O–H groups in total. The van der Waals surface area contributed by atoms with Crippen LogP contribution in [-0.2, 0) is 26.0 Å². The number of sulfonamides is 1. The molecule has 1 amide bonds. The Morgan fingerprint density at radius 3 is 2.38 bits per heavy atom. The van der Waals surface area contributed by atoms with Crippen molar-refractivity contribution in [2.75, 3.05) is 23.4 Å². The molecular formula is C24H22N2O5S. The number of esters is 1. The lowest BCUT2D eigenvalue weighted by Gasteiger charge is -2.24. The SMILES string of the molecule is COC(=O)C1Cc2ccccc2N1C(=O)c1cccc(S(=O)(=O)N(C)c2ccccc2)c1. The van der Waals surface area contributed by atoms with Crippen molar-refractivity contribution in [1.29, 1.82) is 0 Å². The normalized spacial score (nSPS) is 15.2. The Morgan fingerprint density at radius 2 is 1.66 bits per heavy atom. The van der Waals surface area contributed by atoms with E-state index < -0.39 is 27.9 Å². The molecule has 1 unspecified atom stereocenters. The molecule has 3 aromatic rings. The molecule has 32 heavy (non-hydrogen) atoms. The van der Waals surface area contributed by atoms with Gasteiger partial charge in [-0.2, -0.15) is 0 Å². The molecule has 8 heteroatoms. The van der Waals surface area contributed by atoms with Crippen molar-refractivity contribution >= 4 is 33.3 Å². The molecule has 4 rings (SSSR count). The number of anilines is 2. The van der Waals surface area contributed by atoms with Crippen molar-refractivity contribution < 1.29 is 22.7 Å². The summed E-state index contributed by atoms with van der Waals surface area (Å²) in [6.07, 6.45) is 0.337. The highest BCUT2D eigenvalue weighted by atomic mass is 32.2. The number of carbonyl (C=O) groups is 2. The summed E-state index contributed by atoms with van der Waals surface area (Å²) in [5, 5.41) is 0. The average molecular weight is 451 g/mol. The van der Waals surface area contributed by atoms with E-state index in [-0.39, 0.29) is 10.5 Å². The van der Waals surface area contributed by atoms with E-state index in [9.17, 15) is 18.0 Å². The number of amides is 1. The fraction of sp³-hybridized carbons (Fsp3) is 0.167. The van der Waals surface area contributed by atoms with Gasteiger partial charge in [0, 0.05) is 24.7 Å². The van der Waals surface area contributed by atoms with Crippen LogP contribution in [0, 0.1) is 0 Å². The highest BCUT2D eigenvalue weighted by Gasteiger charge is 2.39. The Balaban J connectivity index is 1.71. The number of hydrogen-bond acceptors (Lipinski definition) is 5. The molecule has 1 aliphatic heterocycles. The van der Waals surface area contributed by atoms with E-state index in [2.05, 4.69) is 0 Å². The standard InChI is InChI=1S/C24H22N2O5S/c1-25(19-11-4-3-5-12-19)32(29,30)20-13-8-10-18(15-20)23(27)26-21-14-7-6-9-17(21)16-22(26)24(28)31-2/h3-15,22H,16H2,1-2H3. The van der Waals surface area contributed by atoms with Crippen LogP contribution in [-0.4, -0.2) is 40.5 Å². The third-order valence-corrected chi connectivity index (χ3v) is 7.31. The zero-order chi connectivity index (χ0) is 22.9. The average Bonchev–Trinajstić information content (AvgIpc) is 3.22. The number of rotatable bonds is 5. The van der Waals surface area contributed by atoms with Gasteiger partial charge in [-0.05, 0) is 42.0 Å². The van der Waals surface area contributed by atoms with E-state index in [4.69, 9.17) is 4.74 Å². The van der Waals surface area contributed by atoms with Gasteiger partial charge in [-0.1, -0.05) is 42.5 Å². The fourth-order valence-electron chi connectivity index (χ4n) is 3.83. The van der Waals surface area contributed by atoms with Gasteiger partial charge in [-0.3, -0.25) is 14.0 Å². The fourth-order valence-corrected chi connectivity index (χ4v) is 5.07. The molecule has 1 aliphatic rings. The zero-order valence-corrected chi connectivity index (χ0v) is 18.5. The summed E-state index contributed by atoms with van der Waals surface area (Å²) in [6, 6.07) is 21.0. The van der Waals surface area contributed by atoms with Gasteiger partial charge in [0.25, 0.3) is 15.9 Å². The first-order chi connectivity index (χ1) is 15.3. The lowest BCUT2D eigenvalue weighted by molar-refractivity contribution is -0.141. The predicted molar refractivity (Wildman–Crippen MR) is 121 cm³/mol. The van der Waals surface area contributed by atoms with Crippen LogP contribution in [0.3, 0.4) is 0 Å². The van der Waals surface area contributed by atoms with Gasteiger partial charge in [-0.25, -0.2) is 13.2 Å². The summed E-state index contributed by atoms with van der Waals surface area (Å²) < 4.78 is 32.4. The second kappa shape index (κ2) is 8.47. The molecule has 0 fully saturated rings. The summed E-state index contributed by atoms with van der Waals surface area (Å²) in [5.41, 5.74) is 2.13. The maximum absolute atomic E-state index is 13.5. The van der Waals surface area contributed by atoms with E-state index >= 15 is 0 Å². The first kappa shape index (κ1) is 21.6. The molecule has 0 aliphatic carbocycles. The third kappa shape index (κ3) is 3.73. The molecule has 0 aromatic heterocycles. The Morgan fingerprint density at radius 1 is 0.969 bits per heavy atom. The maximum atomic E-state index is 13.5. The maximum Gasteiger partial charge on any atom is 0.329 e. The second-order valence-electron chi connectivity index (χ2n) is 7.38.